The van der Waals surface area contributed by atoms with Gasteiger partial charge in [-0.1, -0.05) is 28.4 Å². The number of nitrogens with zero attached hydrogens (tertiary/aromatic N) is 1. The predicted octanol–water partition coefficient (Wildman–Crippen LogP) is 2.53. The second-order valence-electron chi connectivity index (χ2n) is 4.76. The normalized spacial score (nSPS) is 15.9. The molecule has 0 unspecified atom stereocenters. The van der Waals surface area contributed by atoms with Crippen LogP contribution in [-0.4, -0.2) is 25.7 Å². The van der Waals surface area contributed by atoms with Crippen molar-refractivity contribution < 1.29 is 4.74 Å². The zero-order chi connectivity index (χ0) is 13.5. The Bertz CT molecular complexity index is 432. The quantitative estimate of drug-likeness (QED) is 0.480. The van der Waals surface area contributed by atoms with Crippen LogP contribution in [0, 0.1) is 5.92 Å². The molecule has 1 aromatic carbocycles. The Morgan fingerprint density at radius 1 is 1.47 bits per heavy atom. The summed E-state index contributed by atoms with van der Waals surface area (Å²) >= 11 is 3.41. The van der Waals surface area contributed by atoms with E-state index in [2.05, 4.69) is 26.2 Å². The SMILES string of the molecule is NC(=NCC1CCC1)NCCOc1cccc(Br)c1. The first-order valence-corrected chi connectivity index (χ1v) is 7.45. The number of hydrogen-bond donors (Lipinski definition) is 2. The van der Waals surface area contributed by atoms with Gasteiger partial charge in [0.2, 0.25) is 0 Å². The molecule has 1 aliphatic carbocycles. The number of aliphatic imine (C=N–C) groups is 1. The Morgan fingerprint density at radius 3 is 3.00 bits per heavy atom. The lowest BCUT2D eigenvalue weighted by molar-refractivity contribution is 0.320. The molecule has 0 amide bonds. The average molecular weight is 326 g/mol. The lowest BCUT2D eigenvalue weighted by atomic mass is 9.86. The first-order chi connectivity index (χ1) is 9.24. The molecule has 19 heavy (non-hydrogen) atoms. The van der Waals surface area contributed by atoms with Crippen LogP contribution in [0.15, 0.2) is 33.7 Å². The molecule has 1 aromatic rings. The minimum absolute atomic E-state index is 0.518. The predicted molar refractivity (Wildman–Crippen MR) is 81.5 cm³/mol. The van der Waals surface area contributed by atoms with Gasteiger partial charge in [-0.15, -0.1) is 0 Å². The molecule has 3 N–H and O–H groups in total. The van der Waals surface area contributed by atoms with Crippen molar-refractivity contribution in [2.45, 2.75) is 19.3 Å². The molecule has 0 aromatic heterocycles. The van der Waals surface area contributed by atoms with Crippen molar-refractivity contribution in [3.8, 4) is 5.75 Å². The molecule has 1 aliphatic rings. The smallest absolute Gasteiger partial charge is 0.188 e. The molecular weight excluding hydrogens is 306 g/mol. The molecule has 0 heterocycles. The van der Waals surface area contributed by atoms with E-state index < -0.39 is 0 Å². The molecule has 0 radical (unpaired) electrons. The van der Waals surface area contributed by atoms with E-state index in [0.29, 0.717) is 19.1 Å². The van der Waals surface area contributed by atoms with Crippen molar-refractivity contribution in [1.29, 1.82) is 0 Å². The van der Waals surface area contributed by atoms with Gasteiger partial charge in [0, 0.05) is 11.0 Å². The van der Waals surface area contributed by atoms with Crippen molar-refractivity contribution in [2.75, 3.05) is 19.7 Å². The van der Waals surface area contributed by atoms with Crippen LogP contribution in [0.3, 0.4) is 0 Å². The van der Waals surface area contributed by atoms with Crippen molar-refractivity contribution in [3.05, 3.63) is 28.7 Å². The van der Waals surface area contributed by atoms with Crippen LogP contribution in [0.25, 0.3) is 0 Å². The van der Waals surface area contributed by atoms with Crippen LogP contribution in [0.2, 0.25) is 0 Å². The number of halogens is 1. The second-order valence-corrected chi connectivity index (χ2v) is 5.67. The summed E-state index contributed by atoms with van der Waals surface area (Å²) in [5.74, 6) is 2.11. The first kappa shape index (κ1) is 14.2. The van der Waals surface area contributed by atoms with Crippen LogP contribution < -0.4 is 15.8 Å². The molecule has 0 spiro atoms. The lowest BCUT2D eigenvalue weighted by Crippen LogP contribution is -2.35. The molecule has 5 heteroatoms. The van der Waals surface area contributed by atoms with E-state index in [4.69, 9.17) is 10.5 Å². The summed E-state index contributed by atoms with van der Waals surface area (Å²) in [5, 5.41) is 3.06. The molecule has 4 nitrogen and oxygen atoms in total. The summed E-state index contributed by atoms with van der Waals surface area (Å²) in [6.45, 7) is 2.08. The van der Waals surface area contributed by atoms with Crippen molar-refractivity contribution in [1.82, 2.24) is 5.32 Å². The number of nitrogens with two attached hydrogens (primary N) is 1. The Balaban J connectivity index is 1.60. The highest BCUT2D eigenvalue weighted by atomic mass is 79.9. The lowest BCUT2D eigenvalue weighted by Gasteiger charge is -2.23. The Morgan fingerprint density at radius 2 is 2.32 bits per heavy atom. The standard InChI is InChI=1S/C14H20BrN3O/c15-12-5-2-6-13(9-12)19-8-7-17-14(16)18-10-11-3-1-4-11/h2,5-6,9,11H,1,3-4,7-8,10H2,(H3,16,17,18). The zero-order valence-electron chi connectivity index (χ0n) is 10.9. The van der Waals surface area contributed by atoms with Crippen LogP contribution in [0.4, 0.5) is 0 Å². The number of nitrogens with one attached hydrogen (secondary N) is 1. The molecule has 0 bridgehead atoms. The fraction of sp³-hybridized carbons (Fsp3) is 0.500. The van der Waals surface area contributed by atoms with Crippen molar-refractivity contribution in [3.63, 3.8) is 0 Å². The summed E-state index contributed by atoms with van der Waals surface area (Å²) in [4.78, 5) is 4.33. The van der Waals surface area contributed by atoms with Gasteiger partial charge in [-0.3, -0.25) is 4.99 Å². The fourth-order valence-corrected chi connectivity index (χ4v) is 2.24. The summed E-state index contributed by atoms with van der Waals surface area (Å²) in [5.41, 5.74) is 5.78. The van der Waals surface area contributed by atoms with Gasteiger partial charge >= 0.3 is 0 Å². The minimum Gasteiger partial charge on any atom is -0.492 e. The number of benzene rings is 1. The van der Waals surface area contributed by atoms with Gasteiger partial charge in [-0.25, -0.2) is 0 Å². The van der Waals surface area contributed by atoms with Gasteiger partial charge in [0.15, 0.2) is 5.96 Å². The summed E-state index contributed by atoms with van der Waals surface area (Å²) in [6.07, 6.45) is 3.93. The van der Waals surface area contributed by atoms with E-state index in [0.717, 1.165) is 22.7 Å². The molecular formula is C14H20BrN3O. The molecule has 0 atom stereocenters. The number of guanidine groups is 1. The van der Waals surface area contributed by atoms with E-state index in [1.54, 1.807) is 0 Å². The van der Waals surface area contributed by atoms with Gasteiger partial charge in [-0.2, -0.15) is 0 Å². The first-order valence-electron chi connectivity index (χ1n) is 6.66. The molecule has 1 fully saturated rings. The largest absolute Gasteiger partial charge is 0.492 e. The van der Waals surface area contributed by atoms with Gasteiger partial charge < -0.3 is 15.8 Å². The maximum absolute atomic E-state index is 5.78. The van der Waals surface area contributed by atoms with Crippen LogP contribution in [-0.2, 0) is 0 Å². The topological polar surface area (TPSA) is 59.6 Å². The Hall–Kier alpha value is -1.23. The molecule has 2 rings (SSSR count). The monoisotopic (exact) mass is 325 g/mol. The van der Waals surface area contributed by atoms with Crippen LogP contribution in [0.1, 0.15) is 19.3 Å². The van der Waals surface area contributed by atoms with Crippen LogP contribution >= 0.6 is 15.9 Å². The molecule has 0 aliphatic heterocycles. The average Bonchev–Trinajstić information content (AvgIpc) is 2.33. The van der Waals surface area contributed by atoms with E-state index in [1.807, 2.05) is 24.3 Å². The molecule has 0 saturated heterocycles. The van der Waals surface area contributed by atoms with Gasteiger partial charge in [0.1, 0.15) is 12.4 Å². The van der Waals surface area contributed by atoms with Crippen LogP contribution in [0.5, 0.6) is 5.75 Å². The maximum Gasteiger partial charge on any atom is 0.188 e. The summed E-state index contributed by atoms with van der Waals surface area (Å²) in [7, 11) is 0. The minimum atomic E-state index is 0.518. The molecule has 104 valence electrons. The Labute approximate surface area is 122 Å². The Kier molecular flexibility index (Phi) is 5.51. The highest BCUT2D eigenvalue weighted by Crippen LogP contribution is 2.26. The van der Waals surface area contributed by atoms with Crippen molar-refractivity contribution in [2.24, 2.45) is 16.6 Å². The molecule has 1 saturated carbocycles. The fourth-order valence-electron chi connectivity index (χ4n) is 1.86. The third-order valence-corrected chi connectivity index (χ3v) is 3.71. The van der Waals surface area contributed by atoms with Crippen molar-refractivity contribution >= 4 is 21.9 Å². The highest BCUT2D eigenvalue weighted by molar-refractivity contribution is 9.10. The van der Waals surface area contributed by atoms with E-state index in [9.17, 15) is 0 Å². The summed E-state index contributed by atoms with van der Waals surface area (Å²) < 4.78 is 6.61. The van der Waals surface area contributed by atoms with E-state index in [-0.39, 0.29) is 0 Å². The second kappa shape index (κ2) is 7.38. The van der Waals surface area contributed by atoms with Gasteiger partial charge in [0.05, 0.1) is 6.54 Å². The highest BCUT2D eigenvalue weighted by Gasteiger charge is 2.16. The summed E-state index contributed by atoms with van der Waals surface area (Å²) in [6, 6.07) is 7.78. The maximum atomic E-state index is 5.78. The number of hydrogen-bond acceptors (Lipinski definition) is 2. The van der Waals surface area contributed by atoms with E-state index >= 15 is 0 Å². The van der Waals surface area contributed by atoms with Gasteiger partial charge in [0.25, 0.3) is 0 Å². The third kappa shape index (κ3) is 5.11. The van der Waals surface area contributed by atoms with E-state index in [1.165, 1.54) is 19.3 Å². The zero-order valence-corrected chi connectivity index (χ0v) is 12.5. The number of rotatable bonds is 6. The number of ether oxygens (including phenoxy) is 1. The van der Waals surface area contributed by atoms with Gasteiger partial charge in [-0.05, 0) is 37.0 Å². The third-order valence-electron chi connectivity index (χ3n) is 3.22.